The van der Waals surface area contributed by atoms with Gasteiger partial charge < -0.3 is 25.0 Å². The lowest BCUT2D eigenvalue weighted by Gasteiger charge is -2.38. The molecule has 1 aromatic heterocycles. The normalized spacial score (nSPS) is 25.1. The van der Waals surface area contributed by atoms with E-state index < -0.39 is 0 Å². The fourth-order valence-corrected chi connectivity index (χ4v) is 5.44. The number of amides is 2. The van der Waals surface area contributed by atoms with Crippen LogP contribution in [-0.4, -0.2) is 69.6 Å². The lowest BCUT2D eigenvalue weighted by Crippen LogP contribution is -2.52. The summed E-state index contributed by atoms with van der Waals surface area (Å²) < 4.78 is 5.98. The summed E-state index contributed by atoms with van der Waals surface area (Å²) in [6.45, 7) is 1.12. The molecule has 0 radical (unpaired) electrons. The minimum Gasteiger partial charge on any atom is -0.491 e. The minimum absolute atomic E-state index is 0.0274. The first kappa shape index (κ1) is 22.7. The molecule has 0 aliphatic carbocycles. The molecule has 0 saturated carbocycles. The summed E-state index contributed by atoms with van der Waals surface area (Å²) in [7, 11) is 0. The summed E-state index contributed by atoms with van der Waals surface area (Å²) in [5.74, 6) is 1.04. The lowest BCUT2D eigenvalue weighted by atomic mass is 10.00. The number of pyridine rings is 1. The summed E-state index contributed by atoms with van der Waals surface area (Å²) in [5, 5.41) is 13.3. The van der Waals surface area contributed by atoms with Crippen molar-refractivity contribution in [3.05, 3.63) is 48.2 Å². The third kappa shape index (κ3) is 4.87. The Bertz CT molecular complexity index is 1030. The zero-order chi connectivity index (χ0) is 23.5. The number of aliphatic hydroxyl groups is 1. The molecular weight excluding hydrogens is 432 g/mol. The standard InChI is InChI=1S/C26H32N4O4/c31-20-15-18-11-12-19(16-20)30(18)25(32)17-29-13-4-1-5-14-34-23-9-3-2-7-21(23)27-24-10-6-8-22(28-24)26(29)33/h2-3,6-10,18-20,31H,1,4-5,11-17H2,(H,27,28). The fraction of sp³-hybridized carbons (Fsp3) is 0.500. The third-order valence-electron chi connectivity index (χ3n) is 7.06. The smallest absolute Gasteiger partial charge is 0.273 e. The van der Waals surface area contributed by atoms with Gasteiger partial charge in [0.25, 0.3) is 5.91 Å². The Balaban J connectivity index is 1.37. The molecule has 4 heterocycles. The maximum atomic E-state index is 13.5. The Kier molecular flexibility index (Phi) is 6.67. The van der Waals surface area contributed by atoms with Crippen molar-refractivity contribution in [1.29, 1.82) is 0 Å². The predicted molar refractivity (Wildman–Crippen MR) is 128 cm³/mol. The largest absolute Gasteiger partial charge is 0.491 e. The monoisotopic (exact) mass is 464 g/mol. The number of aliphatic hydroxyl groups excluding tert-OH is 1. The van der Waals surface area contributed by atoms with Crippen LogP contribution in [0.5, 0.6) is 5.75 Å². The number of rotatable bonds is 2. The van der Waals surface area contributed by atoms with Gasteiger partial charge in [-0.15, -0.1) is 0 Å². The average molecular weight is 465 g/mol. The molecule has 8 heteroatoms. The molecule has 34 heavy (non-hydrogen) atoms. The summed E-state index contributed by atoms with van der Waals surface area (Å²) in [6.07, 6.45) is 5.33. The van der Waals surface area contributed by atoms with E-state index in [-0.39, 0.29) is 36.5 Å². The zero-order valence-corrected chi connectivity index (χ0v) is 19.4. The van der Waals surface area contributed by atoms with Crippen LogP contribution < -0.4 is 10.1 Å². The number of para-hydroxylation sites is 2. The topological polar surface area (TPSA) is 95.0 Å². The van der Waals surface area contributed by atoms with Gasteiger partial charge in [0.1, 0.15) is 23.8 Å². The summed E-state index contributed by atoms with van der Waals surface area (Å²) in [4.78, 5) is 34.9. The van der Waals surface area contributed by atoms with Gasteiger partial charge in [0.2, 0.25) is 5.91 Å². The summed E-state index contributed by atoms with van der Waals surface area (Å²) >= 11 is 0. The fourth-order valence-electron chi connectivity index (χ4n) is 5.44. The first-order chi connectivity index (χ1) is 16.6. The van der Waals surface area contributed by atoms with E-state index in [1.807, 2.05) is 35.2 Å². The molecule has 2 amide bonds. The molecular formula is C26H32N4O4. The average Bonchev–Trinajstić information content (AvgIpc) is 3.11. The number of ether oxygens (including phenoxy) is 1. The Labute approximate surface area is 199 Å². The van der Waals surface area contributed by atoms with E-state index in [1.165, 1.54) is 0 Å². The maximum Gasteiger partial charge on any atom is 0.273 e. The van der Waals surface area contributed by atoms with Crippen LogP contribution in [0.2, 0.25) is 0 Å². The highest BCUT2D eigenvalue weighted by Gasteiger charge is 2.43. The van der Waals surface area contributed by atoms with Crippen LogP contribution in [0.3, 0.4) is 0 Å². The number of aromatic nitrogens is 1. The number of benzene rings is 1. The predicted octanol–water partition coefficient (Wildman–Crippen LogP) is 3.34. The molecule has 1 aromatic carbocycles. The highest BCUT2D eigenvalue weighted by atomic mass is 16.5. The van der Waals surface area contributed by atoms with Gasteiger partial charge in [-0.25, -0.2) is 4.98 Å². The Morgan fingerprint density at radius 2 is 1.85 bits per heavy atom. The van der Waals surface area contributed by atoms with E-state index in [1.54, 1.807) is 17.0 Å². The first-order valence-corrected chi connectivity index (χ1v) is 12.3. The van der Waals surface area contributed by atoms with Crippen LogP contribution in [0, 0.1) is 0 Å². The highest BCUT2D eigenvalue weighted by molar-refractivity contribution is 5.95. The van der Waals surface area contributed by atoms with Gasteiger partial charge in [-0.3, -0.25) is 9.59 Å². The number of nitrogens with zero attached hydrogens (tertiary/aromatic N) is 3. The molecule has 2 unspecified atom stereocenters. The van der Waals surface area contributed by atoms with Crippen molar-refractivity contribution < 1.29 is 19.4 Å². The molecule has 3 aliphatic heterocycles. The number of hydrogen-bond donors (Lipinski definition) is 2. The second kappa shape index (κ2) is 10.0. The second-order valence-electron chi connectivity index (χ2n) is 9.48. The quantitative estimate of drug-likeness (QED) is 0.708. The van der Waals surface area contributed by atoms with Gasteiger partial charge in [-0.2, -0.15) is 0 Å². The Morgan fingerprint density at radius 3 is 2.68 bits per heavy atom. The van der Waals surface area contributed by atoms with Crippen LogP contribution in [0.4, 0.5) is 11.5 Å². The number of nitrogens with one attached hydrogen (secondary N) is 1. The molecule has 2 aromatic rings. The number of anilines is 2. The van der Waals surface area contributed by atoms with Gasteiger partial charge in [0.15, 0.2) is 0 Å². The van der Waals surface area contributed by atoms with Gasteiger partial charge in [0, 0.05) is 18.6 Å². The number of carbonyl (C=O) groups is 2. The molecule has 5 rings (SSSR count). The van der Waals surface area contributed by atoms with Gasteiger partial charge >= 0.3 is 0 Å². The molecule has 3 aliphatic rings. The number of carbonyl (C=O) groups excluding carboxylic acids is 2. The molecule has 0 spiro atoms. The van der Waals surface area contributed by atoms with Gasteiger partial charge in [0.05, 0.1) is 18.4 Å². The number of hydrogen-bond acceptors (Lipinski definition) is 6. The number of piperidine rings is 1. The highest BCUT2D eigenvalue weighted by Crippen LogP contribution is 2.36. The molecule has 2 fully saturated rings. The molecule has 4 bridgehead atoms. The van der Waals surface area contributed by atoms with Gasteiger partial charge in [-0.05, 0) is 69.2 Å². The van der Waals surface area contributed by atoms with E-state index in [2.05, 4.69) is 10.3 Å². The van der Waals surface area contributed by atoms with Crippen molar-refractivity contribution in [2.75, 3.05) is 25.0 Å². The van der Waals surface area contributed by atoms with Crippen molar-refractivity contribution in [1.82, 2.24) is 14.8 Å². The SMILES string of the molecule is O=C1c2cccc(n2)Nc2ccccc2OCCCCCN1CC(=O)N1C2CCC1CC(O)C2. The Hall–Kier alpha value is -3.13. The van der Waals surface area contributed by atoms with Crippen molar-refractivity contribution in [3.8, 4) is 5.75 Å². The molecule has 180 valence electrons. The van der Waals surface area contributed by atoms with Crippen LogP contribution in [0.25, 0.3) is 0 Å². The van der Waals surface area contributed by atoms with E-state index >= 15 is 0 Å². The van der Waals surface area contributed by atoms with Crippen molar-refractivity contribution in [2.45, 2.75) is 63.1 Å². The van der Waals surface area contributed by atoms with Crippen molar-refractivity contribution in [2.24, 2.45) is 0 Å². The summed E-state index contributed by atoms with van der Waals surface area (Å²) in [5.41, 5.74) is 1.11. The van der Waals surface area contributed by atoms with E-state index in [0.717, 1.165) is 43.5 Å². The maximum absolute atomic E-state index is 13.5. The second-order valence-corrected chi connectivity index (χ2v) is 9.48. The lowest BCUT2D eigenvalue weighted by molar-refractivity contribution is -0.138. The van der Waals surface area contributed by atoms with Crippen LogP contribution in [0.15, 0.2) is 42.5 Å². The van der Waals surface area contributed by atoms with Crippen molar-refractivity contribution >= 4 is 23.3 Å². The van der Waals surface area contributed by atoms with Crippen molar-refractivity contribution in [3.63, 3.8) is 0 Å². The minimum atomic E-state index is -0.329. The third-order valence-corrected chi connectivity index (χ3v) is 7.06. The van der Waals surface area contributed by atoms with E-state index in [0.29, 0.717) is 37.5 Å². The molecule has 2 N–H and O–H groups in total. The van der Waals surface area contributed by atoms with Crippen LogP contribution in [0.1, 0.15) is 55.4 Å². The number of fused-ring (bicyclic) bond motifs is 5. The Morgan fingerprint density at radius 1 is 1.06 bits per heavy atom. The van der Waals surface area contributed by atoms with Crippen LogP contribution >= 0.6 is 0 Å². The summed E-state index contributed by atoms with van der Waals surface area (Å²) in [6, 6.07) is 13.2. The molecule has 2 saturated heterocycles. The zero-order valence-electron chi connectivity index (χ0n) is 19.4. The molecule has 2 atom stereocenters. The molecule has 8 nitrogen and oxygen atoms in total. The first-order valence-electron chi connectivity index (χ1n) is 12.3. The van der Waals surface area contributed by atoms with Crippen LogP contribution in [-0.2, 0) is 4.79 Å². The van der Waals surface area contributed by atoms with Gasteiger partial charge in [-0.1, -0.05) is 18.2 Å². The van der Waals surface area contributed by atoms with E-state index in [4.69, 9.17) is 4.74 Å². The van der Waals surface area contributed by atoms with E-state index in [9.17, 15) is 14.7 Å².